The van der Waals surface area contributed by atoms with E-state index < -0.39 is 0 Å². The van der Waals surface area contributed by atoms with Crippen molar-refractivity contribution in [3.63, 3.8) is 0 Å². The second kappa shape index (κ2) is 8.27. The van der Waals surface area contributed by atoms with Crippen LogP contribution in [0.3, 0.4) is 0 Å². The number of rotatable bonds is 6. The summed E-state index contributed by atoms with van der Waals surface area (Å²) in [5, 5.41) is 15.8. The Morgan fingerprint density at radius 3 is 2.83 bits per heavy atom. The normalized spacial score (nSPS) is 14.6. The minimum Gasteiger partial charge on any atom is -0.378 e. The van der Waals surface area contributed by atoms with E-state index in [4.69, 9.17) is 4.74 Å². The number of imidazole rings is 1. The van der Waals surface area contributed by atoms with Gasteiger partial charge in [-0.2, -0.15) is 5.10 Å². The first-order valence-corrected chi connectivity index (χ1v) is 9.53. The molecule has 0 spiro atoms. The summed E-state index contributed by atoms with van der Waals surface area (Å²) >= 11 is 0. The number of benzene rings is 2. The zero-order valence-electron chi connectivity index (χ0n) is 16.1. The quantitative estimate of drug-likeness (QED) is 0.392. The predicted molar refractivity (Wildman–Crippen MR) is 113 cm³/mol. The first-order chi connectivity index (χ1) is 14.2. The van der Waals surface area contributed by atoms with Gasteiger partial charge < -0.3 is 14.2 Å². The minimum atomic E-state index is -0.355. The standard InChI is InChI=1S/C20H22N6O3/c1-2-25-17-6-4-3-5-16(17)22-20(25)23-21-14-15-7-8-18(19(13-15)26(27)28)24-9-11-29-12-10-24/h3-8,13-14H,2,9-12H2,1H3,(H,22,23)/b21-14-. The molecular weight excluding hydrogens is 372 g/mol. The van der Waals surface area contributed by atoms with Gasteiger partial charge in [-0.3, -0.25) is 10.1 Å². The third kappa shape index (κ3) is 3.90. The van der Waals surface area contributed by atoms with E-state index in [2.05, 4.69) is 15.5 Å². The van der Waals surface area contributed by atoms with Crippen LogP contribution in [0.4, 0.5) is 17.3 Å². The highest BCUT2D eigenvalue weighted by Crippen LogP contribution is 2.29. The zero-order chi connectivity index (χ0) is 20.2. The summed E-state index contributed by atoms with van der Waals surface area (Å²) in [7, 11) is 0. The molecule has 0 unspecified atom stereocenters. The molecule has 2 aromatic carbocycles. The number of anilines is 2. The van der Waals surface area contributed by atoms with Crippen LogP contribution in [-0.4, -0.2) is 47.0 Å². The van der Waals surface area contributed by atoms with E-state index in [0.29, 0.717) is 43.5 Å². The molecule has 9 heteroatoms. The Balaban J connectivity index is 1.55. The number of nitrogens with one attached hydrogen (secondary N) is 1. The maximum absolute atomic E-state index is 11.6. The maximum Gasteiger partial charge on any atom is 0.293 e. The average Bonchev–Trinajstić information content (AvgIpc) is 3.11. The molecular formula is C20H22N6O3. The van der Waals surface area contributed by atoms with Crippen molar-refractivity contribution >= 4 is 34.6 Å². The second-order valence-corrected chi connectivity index (χ2v) is 6.64. The SMILES string of the molecule is CCn1c(N/N=C\c2ccc(N3CCOCC3)c([N+](=O)[O-])c2)nc2ccccc21. The molecule has 9 nitrogen and oxygen atoms in total. The first kappa shape index (κ1) is 18.9. The van der Waals surface area contributed by atoms with Gasteiger partial charge in [0.05, 0.1) is 35.4 Å². The number of para-hydroxylation sites is 2. The highest BCUT2D eigenvalue weighted by atomic mass is 16.6. The Morgan fingerprint density at radius 2 is 2.07 bits per heavy atom. The van der Waals surface area contributed by atoms with Crippen molar-refractivity contribution in [1.82, 2.24) is 9.55 Å². The third-order valence-electron chi connectivity index (χ3n) is 4.90. The van der Waals surface area contributed by atoms with E-state index in [1.165, 1.54) is 0 Å². The molecule has 4 rings (SSSR count). The van der Waals surface area contributed by atoms with E-state index in [1.807, 2.05) is 46.7 Å². The van der Waals surface area contributed by atoms with Gasteiger partial charge in [0.25, 0.3) is 5.69 Å². The number of morpholine rings is 1. The highest BCUT2D eigenvalue weighted by molar-refractivity contribution is 5.84. The van der Waals surface area contributed by atoms with E-state index in [9.17, 15) is 10.1 Å². The van der Waals surface area contributed by atoms with Crippen LogP contribution in [0.2, 0.25) is 0 Å². The van der Waals surface area contributed by atoms with Gasteiger partial charge in [0.2, 0.25) is 5.95 Å². The van der Waals surface area contributed by atoms with Crippen LogP contribution in [0.25, 0.3) is 11.0 Å². The van der Waals surface area contributed by atoms with Gasteiger partial charge in [0.1, 0.15) is 5.69 Å². The molecule has 1 N–H and O–H groups in total. The summed E-state index contributed by atoms with van der Waals surface area (Å²) in [6.07, 6.45) is 1.56. The Kier molecular flexibility index (Phi) is 5.39. The summed E-state index contributed by atoms with van der Waals surface area (Å²) in [4.78, 5) is 17.7. The lowest BCUT2D eigenvalue weighted by molar-refractivity contribution is -0.384. The number of hydrogen-bond donors (Lipinski definition) is 1. The molecule has 1 saturated heterocycles. The summed E-state index contributed by atoms with van der Waals surface area (Å²) in [6.45, 7) is 5.21. The van der Waals surface area contributed by atoms with E-state index in [-0.39, 0.29) is 10.6 Å². The average molecular weight is 394 g/mol. The number of ether oxygens (including phenoxy) is 1. The fraction of sp³-hybridized carbons (Fsp3) is 0.300. The number of nitro benzene ring substituents is 1. The highest BCUT2D eigenvalue weighted by Gasteiger charge is 2.21. The molecule has 3 aromatic rings. The lowest BCUT2D eigenvalue weighted by atomic mass is 10.1. The van der Waals surface area contributed by atoms with Gasteiger partial charge >= 0.3 is 0 Å². The monoisotopic (exact) mass is 394 g/mol. The van der Waals surface area contributed by atoms with E-state index in [0.717, 1.165) is 17.6 Å². The second-order valence-electron chi connectivity index (χ2n) is 6.64. The lowest BCUT2D eigenvalue weighted by Gasteiger charge is -2.28. The van der Waals surface area contributed by atoms with Gasteiger partial charge in [-0.1, -0.05) is 18.2 Å². The summed E-state index contributed by atoms with van der Waals surface area (Å²) < 4.78 is 7.36. The van der Waals surface area contributed by atoms with E-state index in [1.54, 1.807) is 18.3 Å². The van der Waals surface area contributed by atoms with Crippen molar-refractivity contribution in [1.29, 1.82) is 0 Å². The Bertz CT molecular complexity index is 1060. The fourth-order valence-corrected chi connectivity index (χ4v) is 3.48. The van der Waals surface area contributed by atoms with E-state index >= 15 is 0 Å². The Labute approximate surface area is 167 Å². The molecule has 0 aliphatic carbocycles. The molecule has 2 heterocycles. The van der Waals surface area contributed by atoms with Gasteiger partial charge in [0.15, 0.2) is 0 Å². The van der Waals surface area contributed by atoms with Gasteiger partial charge in [-0.05, 0) is 25.1 Å². The van der Waals surface area contributed by atoms with Gasteiger partial charge in [-0.15, -0.1) is 0 Å². The van der Waals surface area contributed by atoms with Crippen LogP contribution in [0, 0.1) is 10.1 Å². The number of aryl methyl sites for hydroxylation is 1. The summed E-state index contributed by atoms with van der Waals surface area (Å²) in [5.74, 6) is 0.629. The van der Waals surface area contributed by atoms with Crippen molar-refractivity contribution in [3.05, 3.63) is 58.1 Å². The van der Waals surface area contributed by atoms with Crippen LogP contribution in [-0.2, 0) is 11.3 Å². The van der Waals surface area contributed by atoms with Gasteiger partial charge in [-0.25, -0.2) is 10.4 Å². The van der Waals surface area contributed by atoms with Crippen LogP contribution < -0.4 is 10.3 Å². The first-order valence-electron chi connectivity index (χ1n) is 9.53. The Morgan fingerprint density at radius 1 is 1.28 bits per heavy atom. The molecule has 1 aliphatic heterocycles. The molecule has 0 atom stereocenters. The molecule has 0 amide bonds. The predicted octanol–water partition coefficient (Wildman–Crippen LogP) is 3.25. The summed E-state index contributed by atoms with van der Waals surface area (Å²) in [6, 6.07) is 13.0. The molecule has 1 aromatic heterocycles. The largest absolute Gasteiger partial charge is 0.378 e. The fourth-order valence-electron chi connectivity index (χ4n) is 3.48. The van der Waals surface area contributed by atoms with Crippen molar-refractivity contribution < 1.29 is 9.66 Å². The number of nitrogens with zero attached hydrogens (tertiary/aromatic N) is 5. The molecule has 1 aliphatic rings. The van der Waals surface area contributed by atoms with Crippen molar-refractivity contribution in [2.24, 2.45) is 5.10 Å². The molecule has 0 bridgehead atoms. The third-order valence-corrected chi connectivity index (χ3v) is 4.90. The molecule has 29 heavy (non-hydrogen) atoms. The molecule has 0 radical (unpaired) electrons. The van der Waals surface area contributed by atoms with Crippen LogP contribution in [0.1, 0.15) is 12.5 Å². The van der Waals surface area contributed by atoms with Crippen LogP contribution in [0.5, 0.6) is 0 Å². The number of nitro groups is 1. The Hall–Kier alpha value is -3.46. The number of fused-ring (bicyclic) bond motifs is 1. The minimum absolute atomic E-state index is 0.0663. The van der Waals surface area contributed by atoms with Crippen molar-refractivity contribution in [3.8, 4) is 0 Å². The molecule has 0 saturated carbocycles. The smallest absolute Gasteiger partial charge is 0.293 e. The molecule has 1 fully saturated rings. The summed E-state index contributed by atoms with van der Waals surface area (Å²) in [5.41, 5.74) is 6.18. The van der Waals surface area contributed by atoms with Crippen LogP contribution in [0.15, 0.2) is 47.6 Å². The zero-order valence-corrected chi connectivity index (χ0v) is 16.1. The topological polar surface area (TPSA) is 97.8 Å². The number of aromatic nitrogens is 2. The molecule has 150 valence electrons. The van der Waals surface area contributed by atoms with Crippen LogP contribution >= 0.6 is 0 Å². The number of hydrogen-bond acceptors (Lipinski definition) is 7. The number of hydrazone groups is 1. The van der Waals surface area contributed by atoms with Crippen molar-refractivity contribution in [2.75, 3.05) is 36.6 Å². The van der Waals surface area contributed by atoms with Gasteiger partial charge in [0, 0.05) is 31.3 Å². The maximum atomic E-state index is 11.6. The van der Waals surface area contributed by atoms with Crippen molar-refractivity contribution in [2.45, 2.75) is 13.5 Å². The lowest BCUT2D eigenvalue weighted by Crippen LogP contribution is -2.36.